The molecule has 7 rings (SSSR count). The topological polar surface area (TPSA) is 115 Å². The number of H-pyrrole nitrogens is 1. The van der Waals surface area contributed by atoms with E-state index in [0.29, 0.717) is 16.8 Å². The van der Waals surface area contributed by atoms with Crippen LogP contribution < -0.4 is 15.5 Å². The normalized spacial score (nSPS) is 18.9. The van der Waals surface area contributed by atoms with Crippen LogP contribution in [0, 0.1) is 5.92 Å². The Morgan fingerprint density at radius 1 is 0.932 bits per heavy atom. The molecule has 2 unspecified atom stereocenters. The molecule has 2 aliphatic rings. The second-order valence-corrected chi connectivity index (χ2v) is 11.6. The molecule has 4 N–H and O–H groups in total. The van der Waals surface area contributed by atoms with Crippen LogP contribution in [0.1, 0.15) is 40.5 Å². The van der Waals surface area contributed by atoms with Crippen molar-refractivity contribution in [2.24, 2.45) is 5.92 Å². The van der Waals surface area contributed by atoms with Gasteiger partial charge in [-0.2, -0.15) is 5.10 Å². The summed E-state index contributed by atoms with van der Waals surface area (Å²) in [5.41, 5.74) is 5.73. The molecule has 222 valence electrons. The van der Waals surface area contributed by atoms with E-state index in [2.05, 4.69) is 38.6 Å². The number of aliphatic hydroxyl groups excluding tert-OH is 1. The zero-order chi connectivity index (χ0) is 30.2. The number of nitrogens with zero attached hydrogens (tertiary/aromatic N) is 3. The van der Waals surface area contributed by atoms with Gasteiger partial charge < -0.3 is 25.6 Å². The highest BCUT2D eigenvalue weighted by molar-refractivity contribution is 6.05. The predicted octanol–water partition coefficient (Wildman–Crippen LogP) is 5.58. The number of fused-ring (bicyclic) bond motifs is 2. The summed E-state index contributed by atoms with van der Waals surface area (Å²) in [5, 5.41) is 22.5. The van der Waals surface area contributed by atoms with Crippen molar-refractivity contribution in [2.45, 2.75) is 31.9 Å². The number of carbonyl (C=O) groups is 2. The van der Waals surface area contributed by atoms with E-state index in [4.69, 9.17) is 0 Å². The fraction of sp³-hybridized carbons (Fsp3) is 0.229. The van der Waals surface area contributed by atoms with Gasteiger partial charge in [-0.25, -0.2) is 4.68 Å². The minimum atomic E-state index is -0.219. The highest BCUT2D eigenvalue weighted by Crippen LogP contribution is 2.27. The lowest BCUT2D eigenvalue weighted by Crippen LogP contribution is -2.38. The fourth-order valence-electron chi connectivity index (χ4n) is 6.02. The molecule has 3 aromatic carbocycles. The van der Waals surface area contributed by atoms with Crippen molar-refractivity contribution < 1.29 is 14.7 Å². The van der Waals surface area contributed by atoms with E-state index in [-0.39, 0.29) is 29.9 Å². The standard InChI is InChI=1S/C35H34N6O3/c1-22-18-29(9-10-31(22)39-35(44)25-3-2-23-12-15-36-32(23)20-25)41-33-11-6-27(19-26(33)21-37-41)38-34(43)24-4-7-28(8-5-24)40-16-13-30(42)14-17-40/h2-12,15,18-22,30-31,36,42H,13-14,16-17H2,1H3,(H,38,43)(H,39,44). The van der Waals surface area contributed by atoms with Gasteiger partial charge in [0.15, 0.2) is 0 Å². The first-order valence-electron chi connectivity index (χ1n) is 15.0. The number of aromatic amines is 1. The van der Waals surface area contributed by atoms with E-state index < -0.39 is 0 Å². The molecule has 3 heterocycles. The maximum absolute atomic E-state index is 13.0. The van der Waals surface area contributed by atoms with Crippen LogP contribution >= 0.6 is 0 Å². The van der Waals surface area contributed by atoms with Gasteiger partial charge in [0.05, 0.1) is 29.6 Å². The van der Waals surface area contributed by atoms with Gasteiger partial charge in [0, 0.05) is 58.6 Å². The van der Waals surface area contributed by atoms with Crippen molar-refractivity contribution in [3.05, 3.63) is 108 Å². The molecule has 44 heavy (non-hydrogen) atoms. The van der Waals surface area contributed by atoms with Crippen LogP contribution in [0.5, 0.6) is 0 Å². The summed E-state index contributed by atoms with van der Waals surface area (Å²) in [6.07, 6.45) is 11.1. The molecular weight excluding hydrogens is 552 g/mol. The van der Waals surface area contributed by atoms with Crippen LogP contribution in [0.3, 0.4) is 0 Å². The highest BCUT2D eigenvalue weighted by Gasteiger charge is 2.22. The molecule has 0 saturated carbocycles. The largest absolute Gasteiger partial charge is 0.393 e. The monoisotopic (exact) mass is 586 g/mol. The number of rotatable bonds is 6. The number of nitrogens with one attached hydrogen (secondary N) is 3. The molecule has 1 saturated heterocycles. The molecule has 2 amide bonds. The number of hydrogen-bond donors (Lipinski definition) is 4. The fourth-order valence-corrected chi connectivity index (χ4v) is 6.02. The van der Waals surface area contributed by atoms with Gasteiger partial charge in [-0.05, 0) is 85.0 Å². The predicted molar refractivity (Wildman–Crippen MR) is 174 cm³/mol. The average Bonchev–Trinajstić information content (AvgIpc) is 3.69. The van der Waals surface area contributed by atoms with Gasteiger partial charge in [0.1, 0.15) is 0 Å². The molecule has 1 fully saturated rings. The summed E-state index contributed by atoms with van der Waals surface area (Å²) in [4.78, 5) is 31.3. The summed E-state index contributed by atoms with van der Waals surface area (Å²) in [6.45, 7) is 3.70. The van der Waals surface area contributed by atoms with Crippen LogP contribution in [0.15, 0.2) is 97.4 Å². The molecule has 2 aromatic heterocycles. The third-order valence-corrected chi connectivity index (χ3v) is 8.62. The van der Waals surface area contributed by atoms with Gasteiger partial charge in [0.2, 0.25) is 0 Å². The van der Waals surface area contributed by atoms with Crippen molar-refractivity contribution in [1.29, 1.82) is 0 Å². The maximum atomic E-state index is 13.0. The Hall–Kier alpha value is -5.15. The summed E-state index contributed by atoms with van der Waals surface area (Å²) < 4.78 is 1.88. The number of aromatic nitrogens is 3. The lowest BCUT2D eigenvalue weighted by molar-refractivity contribution is 0.0937. The van der Waals surface area contributed by atoms with Crippen LogP contribution in [-0.2, 0) is 0 Å². The van der Waals surface area contributed by atoms with E-state index in [1.165, 1.54) is 0 Å². The second kappa shape index (κ2) is 11.5. The molecule has 1 aliphatic carbocycles. The molecule has 9 nitrogen and oxygen atoms in total. The number of amides is 2. The van der Waals surface area contributed by atoms with Crippen molar-refractivity contribution in [1.82, 2.24) is 20.1 Å². The van der Waals surface area contributed by atoms with Crippen molar-refractivity contribution in [3.8, 4) is 0 Å². The molecule has 0 bridgehead atoms. The minimum Gasteiger partial charge on any atom is -0.393 e. The molecule has 2 atom stereocenters. The Kier molecular flexibility index (Phi) is 7.23. The summed E-state index contributed by atoms with van der Waals surface area (Å²) in [5.74, 6) is -0.235. The Morgan fingerprint density at radius 3 is 2.52 bits per heavy atom. The molecule has 5 aromatic rings. The quantitative estimate of drug-likeness (QED) is 0.208. The van der Waals surface area contributed by atoms with Crippen molar-refractivity contribution >= 4 is 50.7 Å². The number of benzene rings is 3. The van der Waals surface area contributed by atoms with Crippen LogP contribution in [0.2, 0.25) is 0 Å². The lowest BCUT2D eigenvalue weighted by atomic mass is 9.95. The summed E-state index contributed by atoms with van der Waals surface area (Å²) in [7, 11) is 0. The molecule has 0 radical (unpaired) electrons. The van der Waals surface area contributed by atoms with E-state index >= 15 is 0 Å². The number of carbonyl (C=O) groups excluding carboxylic acids is 2. The van der Waals surface area contributed by atoms with Crippen molar-refractivity contribution in [3.63, 3.8) is 0 Å². The highest BCUT2D eigenvalue weighted by atomic mass is 16.3. The summed E-state index contributed by atoms with van der Waals surface area (Å²) >= 11 is 0. The molecule has 0 spiro atoms. The second-order valence-electron chi connectivity index (χ2n) is 11.6. The third-order valence-electron chi connectivity index (χ3n) is 8.62. The number of allylic oxidation sites excluding steroid dienone is 2. The van der Waals surface area contributed by atoms with Gasteiger partial charge in [-0.3, -0.25) is 9.59 Å². The first-order valence-corrected chi connectivity index (χ1v) is 15.0. The van der Waals surface area contributed by atoms with Gasteiger partial charge in [0.25, 0.3) is 11.8 Å². The van der Waals surface area contributed by atoms with Crippen LogP contribution in [-0.4, -0.2) is 56.9 Å². The van der Waals surface area contributed by atoms with E-state index in [0.717, 1.165) is 59.1 Å². The van der Waals surface area contributed by atoms with Gasteiger partial charge in [-0.1, -0.05) is 25.1 Å². The molecule has 1 aliphatic heterocycles. The SMILES string of the molecule is CC1C=C(n2ncc3cc(NC(=O)c4ccc(N5CCC(O)CC5)cc4)ccc32)C=CC1NC(=O)c1ccc2cc[nH]c2c1. The molecular formula is C35H34N6O3. The van der Waals surface area contributed by atoms with Gasteiger partial charge in [-0.15, -0.1) is 0 Å². The number of anilines is 2. The lowest BCUT2D eigenvalue weighted by Gasteiger charge is -2.31. The van der Waals surface area contributed by atoms with E-state index in [1.807, 2.05) is 89.8 Å². The minimum absolute atomic E-state index is 0.0545. The summed E-state index contributed by atoms with van der Waals surface area (Å²) in [6, 6.07) is 20.9. The van der Waals surface area contributed by atoms with Crippen LogP contribution in [0.25, 0.3) is 27.5 Å². The van der Waals surface area contributed by atoms with Crippen molar-refractivity contribution in [2.75, 3.05) is 23.3 Å². The van der Waals surface area contributed by atoms with E-state index in [1.54, 1.807) is 6.20 Å². The Morgan fingerprint density at radius 2 is 1.73 bits per heavy atom. The van der Waals surface area contributed by atoms with Gasteiger partial charge >= 0.3 is 0 Å². The Balaban J connectivity index is 1.00. The first-order chi connectivity index (χ1) is 21.4. The number of hydrogen-bond acceptors (Lipinski definition) is 5. The van der Waals surface area contributed by atoms with Crippen LogP contribution in [0.4, 0.5) is 11.4 Å². The Bertz CT molecular complexity index is 1910. The maximum Gasteiger partial charge on any atom is 0.255 e. The first kappa shape index (κ1) is 27.7. The average molecular weight is 587 g/mol. The van der Waals surface area contributed by atoms with E-state index in [9.17, 15) is 14.7 Å². The number of piperidine rings is 1. The smallest absolute Gasteiger partial charge is 0.255 e. The number of aliphatic hydroxyl groups is 1. The zero-order valence-electron chi connectivity index (χ0n) is 24.4. The third kappa shape index (κ3) is 5.49. The molecule has 9 heteroatoms. The zero-order valence-corrected chi connectivity index (χ0v) is 24.4. The Labute approximate surface area is 254 Å².